The lowest BCUT2D eigenvalue weighted by Crippen LogP contribution is -2.28. The van der Waals surface area contributed by atoms with Crippen molar-refractivity contribution < 1.29 is 19.4 Å². The number of benzene rings is 1. The Bertz CT molecular complexity index is 529. The van der Waals surface area contributed by atoms with E-state index in [1.807, 2.05) is 0 Å². The molecule has 0 saturated carbocycles. The fraction of sp³-hybridized carbons (Fsp3) is 0.467. The van der Waals surface area contributed by atoms with Crippen molar-refractivity contribution in [2.24, 2.45) is 5.73 Å². The van der Waals surface area contributed by atoms with Gasteiger partial charge in [0, 0.05) is 24.4 Å². The maximum atomic E-state index is 12.0. The summed E-state index contributed by atoms with van der Waals surface area (Å²) in [5.41, 5.74) is 12.1. The molecule has 0 amide bonds. The molecule has 0 spiro atoms. The van der Waals surface area contributed by atoms with Crippen molar-refractivity contribution in [1.82, 2.24) is 0 Å². The normalized spacial score (nSPS) is 14.1. The predicted octanol–water partition coefficient (Wildman–Crippen LogP) is 1.40. The molecule has 0 radical (unpaired) electrons. The molecule has 0 fully saturated rings. The molecule has 5 N–H and O–H groups in total. The summed E-state index contributed by atoms with van der Waals surface area (Å²) in [6.45, 7) is 0.0482. The number of aliphatic hydroxyl groups is 1. The predicted molar refractivity (Wildman–Crippen MR) is 82.8 cm³/mol. The number of nitrogen functional groups attached to an aromatic ring is 1. The van der Waals surface area contributed by atoms with Crippen molar-refractivity contribution in [3.05, 3.63) is 23.3 Å². The van der Waals surface area contributed by atoms with Crippen molar-refractivity contribution in [1.29, 1.82) is 0 Å². The van der Waals surface area contributed by atoms with E-state index in [1.54, 1.807) is 6.07 Å². The van der Waals surface area contributed by atoms with E-state index < -0.39 is 6.04 Å². The number of hydrogen-bond donors (Lipinski definition) is 3. The molecule has 0 aromatic heterocycles. The van der Waals surface area contributed by atoms with Gasteiger partial charge in [0.15, 0.2) is 11.6 Å². The summed E-state index contributed by atoms with van der Waals surface area (Å²) >= 11 is 0. The Morgan fingerprint density at radius 3 is 2.67 bits per heavy atom. The molecular formula is C15H24N2O4. The number of Topliss-reactive ketones (excluding diaryl/α,β-unsaturated/α-hetero) is 2. The van der Waals surface area contributed by atoms with Crippen molar-refractivity contribution in [3.8, 4) is 5.75 Å². The maximum Gasteiger partial charge on any atom is 0.172 e. The number of aliphatic hydroxyl groups excluding tert-OH is 1. The standard InChI is InChI=1S/C13H16N2O4.2CH4/c14-7(6-16)5-10(18)8-1-2-11-12(13(8)15)9(17)3-4-19-11;;/h1-2,7,16H,3-6,14-15H2;2*1H4. The van der Waals surface area contributed by atoms with E-state index in [-0.39, 0.29) is 62.7 Å². The third-order valence-corrected chi connectivity index (χ3v) is 3.06. The summed E-state index contributed by atoms with van der Waals surface area (Å²) in [7, 11) is 0. The second-order valence-electron chi connectivity index (χ2n) is 4.49. The first-order valence-electron chi connectivity index (χ1n) is 6.02. The van der Waals surface area contributed by atoms with Crippen molar-refractivity contribution in [2.75, 3.05) is 18.9 Å². The second-order valence-corrected chi connectivity index (χ2v) is 4.49. The molecule has 1 aromatic carbocycles. The van der Waals surface area contributed by atoms with E-state index in [2.05, 4.69) is 0 Å². The van der Waals surface area contributed by atoms with Crippen LogP contribution in [0.5, 0.6) is 5.75 Å². The molecule has 0 saturated heterocycles. The third kappa shape index (κ3) is 3.80. The van der Waals surface area contributed by atoms with E-state index >= 15 is 0 Å². The topological polar surface area (TPSA) is 116 Å². The largest absolute Gasteiger partial charge is 0.492 e. The zero-order valence-corrected chi connectivity index (χ0v) is 10.4. The Hall–Kier alpha value is -1.92. The molecule has 0 bridgehead atoms. The van der Waals surface area contributed by atoms with E-state index in [1.165, 1.54) is 6.07 Å². The van der Waals surface area contributed by atoms with Gasteiger partial charge in [-0.05, 0) is 12.1 Å². The van der Waals surface area contributed by atoms with Gasteiger partial charge >= 0.3 is 0 Å². The number of anilines is 1. The zero-order valence-electron chi connectivity index (χ0n) is 10.4. The molecule has 6 nitrogen and oxygen atoms in total. The number of hydrogen-bond acceptors (Lipinski definition) is 6. The van der Waals surface area contributed by atoms with Gasteiger partial charge < -0.3 is 21.3 Å². The fourth-order valence-electron chi connectivity index (χ4n) is 2.04. The first-order valence-corrected chi connectivity index (χ1v) is 6.02. The molecule has 21 heavy (non-hydrogen) atoms. The van der Waals surface area contributed by atoms with E-state index in [9.17, 15) is 9.59 Å². The number of fused-ring (bicyclic) bond motifs is 1. The van der Waals surface area contributed by atoms with Gasteiger partial charge in [-0.1, -0.05) is 14.9 Å². The molecule has 1 heterocycles. The van der Waals surface area contributed by atoms with Gasteiger partial charge in [0.25, 0.3) is 0 Å². The van der Waals surface area contributed by atoms with Crippen LogP contribution in [0.1, 0.15) is 48.4 Å². The molecule has 0 aliphatic carbocycles. The van der Waals surface area contributed by atoms with Crippen LogP contribution in [0.3, 0.4) is 0 Å². The monoisotopic (exact) mass is 296 g/mol. The van der Waals surface area contributed by atoms with Crippen LogP contribution in [-0.4, -0.2) is 35.9 Å². The highest BCUT2D eigenvalue weighted by molar-refractivity contribution is 6.10. The van der Waals surface area contributed by atoms with E-state index in [0.29, 0.717) is 12.4 Å². The molecule has 1 aliphatic heterocycles. The first kappa shape index (κ1) is 19.1. The lowest BCUT2D eigenvalue weighted by molar-refractivity contribution is 0.0934. The van der Waals surface area contributed by atoms with Crippen LogP contribution in [0.25, 0.3) is 0 Å². The molecule has 2 rings (SSSR count). The molecule has 6 heteroatoms. The summed E-state index contributed by atoms with van der Waals surface area (Å²) in [4.78, 5) is 23.8. The number of carbonyl (C=O) groups excluding carboxylic acids is 2. The highest BCUT2D eigenvalue weighted by atomic mass is 16.5. The highest BCUT2D eigenvalue weighted by Crippen LogP contribution is 2.32. The number of carbonyl (C=O) groups is 2. The Morgan fingerprint density at radius 1 is 1.38 bits per heavy atom. The van der Waals surface area contributed by atoms with Crippen LogP contribution in [0, 0.1) is 0 Å². The summed E-state index contributed by atoms with van der Waals surface area (Å²) in [6.07, 6.45) is 0.236. The Morgan fingerprint density at radius 2 is 2.05 bits per heavy atom. The number of rotatable bonds is 4. The average molecular weight is 296 g/mol. The Balaban J connectivity index is 0.00000200. The van der Waals surface area contributed by atoms with E-state index in [4.69, 9.17) is 21.3 Å². The second kappa shape index (κ2) is 7.75. The van der Waals surface area contributed by atoms with Gasteiger partial charge in [0.2, 0.25) is 0 Å². The van der Waals surface area contributed by atoms with E-state index in [0.717, 1.165) is 0 Å². The summed E-state index contributed by atoms with van der Waals surface area (Å²) in [5.74, 6) is -0.00293. The Kier molecular flexibility index (Phi) is 7.05. The van der Waals surface area contributed by atoms with Crippen molar-refractivity contribution in [2.45, 2.75) is 33.7 Å². The quantitative estimate of drug-likeness (QED) is 0.571. The number of ether oxygens (including phenoxy) is 1. The van der Waals surface area contributed by atoms with Crippen LogP contribution in [-0.2, 0) is 0 Å². The van der Waals surface area contributed by atoms with Crippen LogP contribution in [0.2, 0.25) is 0 Å². The van der Waals surface area contributed by atoms with Crippen molar-refractivity contribution in [3.63, 3.8) is 0 Å². The lowest BCUT2D eigenvalue weighted by Gasteiger charge is -2.19. The molecule has 118 valence electrons. The minimum Gasteiger partial charge on any atom is -0.492 e. The van der Waals surface area contributed by atoms with Gasteiger partial charge in [0.1, 0.15) is 5.75 Å². The maximum absolute atomic E-state index is 12.0. The number of nitrogens with two attached hydrogens (primary N) is 2. The minimum absolute atomic E-state index is 0. The SMILES string of the molecule is C.C.Nc1c(C(=O)CC(N)CO)ccc2c1C(=O)CCO2. The van der Waals surface area contributed by atoms with Crippen LogP contribution >= 0.6 is 0 Å². The first-order chi connectivity index (χ1) is 9.04. The number of ketones is 2. The van der Waals surface area contributed by atoms with Gasteiger partial charge in [-0.25, -0.2) is 0 Å². The molecular weight excluding hydrogens is 272 g/mol. The molecule has 1 unspecified atom stereocenters. The van der Waals surface area contributed by atoms with Gasteiger partial charge in [-0.15, -0.1) is 0 Å². The minimum atomic E-state index is -0.630. The summed E-state index contributed by atoms with van der Waals surface area (Å²) < 4.78 is 5.33. The smallest absolute Gasteiger partial charge is 0.172 e. The third-order valence-electron chi connectivity index (χ3n) is 3.06. The molecule has 1 aromatic rings. The molecule has 1 aliphatic rings. The van der Waals surface area contributed by atoms with Gasteiger partial charge in [0.05, 0.1) is 24.5 Å². The summed E-state index contributed by atoms with van der Waals surface area (Å²) in [6, 6.07) is 2.47. The summed E-state index contributed by atoms with van der Waals surface area (Å²) in [5, 5.41) is 8.85. The average Bonchev–Trinajstić information content (AvgIpc) is 2.38. The Labute approximate surface area is 125 Å². The lowest BCUT2D eigenvalue weighted by atomic mass is 9.95. The van der Waals surface area contributed by atoms with Gasteiger partial charge in [-0.3, -0.25) is 9.59 Å². The van der Waals surface area contributed by atoms with Crippen LogP contribution in [0.4, 0.5) is 5.69 Å². The zero-order chi connectivity index (χ0) is 14.0. The van der Waals surface area contributed by atoms with Crippen LogP contribution < -0.4 is 16.2 Å². The fourth-order valence-corrected chi connectivity index (χ4v) is 2.04. The molecule has 1 atom stereocenters. The van der Waals surface area contributed by atoms with Crippen LogP contribution in [0.15, 0.2) is 12.1 Å². The van der Waals surface area contributed by atoms with Crippen molar-refractivity contribution >= 4 is 17.3 Å². The highest BCUT2D eigenvalue weighted by Gasteiger charge is 2.25. The van der Waals surface area contributed by atoms with Gasteiger partial charge in [-0.2, -0.15) is 0 Å².